The SMILES string of the molecule is CCCOc1cccc(C(=O)N2CCNC(=O)C2C)c1. The number of ether oxygens (including phenoxy) is 1. The molecule has 1 heterocycles. The number of amides is 2. The molecule has 1 saturated heterocycles. The number of carbonyl (C=O) groups excluding carboxylic acids is 2. The van der Waals surface area contributed by atoms with Gasteiger partial charge in [0.05, 0.1) is 6.61 Å². The Morgan fingerprint density at radius 3 is 3.05 bits per heavy atom. The van der Waals surface area contributed by atoms with E-state index < -0.39 is 6.04 Å². The van der Waals surface area contributed by atoms with Crippen LogP contribution in [0.1, 0.15) is 30.6 Å². The molecule has 108 valence electrons. The van der Waals surface area contributed by atoms with Crippen LogP contribution in [0.3, 0.4) is 0 Å². The van der Waals surface area contributed by atoms with Crippen molar-refractivity contribution >= 4 is 11.8 Å². The second-order valence-corrected chi connectivity index (χ2v) is 4.84. The molecule has 1 fully saturated rings. The highest BCUT2D eigenvalue weighted by atomic mass is 16.5. The molecule has 1 aromatic rings. The van der Waals surface area contributed by atoms with Gasteiger partial charge in [0.1, 0.15) is 11.8 Å². The number of nitrogens with one attached hydrogen (secondary N) is 1. The largest absolute Gasteiger partial charge is 0.494 e. The molecule has 1 N–H and O–H groups in total. The molecule has 1 unspecified atom stereocenters. The molecule has 1 atom stereocenters. The molecule has 0 aromatic heterocycles. The molecule has 1 aromatic carbocycles. The van der Waals surface area contributed by atoms with E-state index in [4.69, 9.17) is 4.74 Å². The average molecular weight is 276 g/mol. The van der Waals surface area contributed by atoms with Crippen molar-refractivity contribution < 1.29 is 14.3 Å². The lowest BCUT2D eigenvalue weighted by atomic mass is 10.1. The Morgan fingerprint density at radius 1 is 1.50 bits per heavy atom. The van der Waals surface area contributed by atoms with Gasteiger partial charge in [0, 0.05) is 18.7 Å². The van der Waals surface area contributed by atoms with Crippen molar-refractivity contribution in [2.75, 3.05) is 19.7 Å². The Bertz CT molecular complexity index is 502. The number of benzene rings is 1. The van der Waals surface area contributed by atoms with Crippen LogP contribution in [-0.2, 0) is 4.79 Å². The Hall–Kier alpha value is -2.04. The van der Waals surface area contributed by atoms with Crippen LogP contribution in [0.15, 0.2) is 24.3 Å². The summed E-state index contributed by atoms with van der Waals surface area (Å²) in [7, 11) is 0. The monoisotopic (exact) mass is 276 g/mol. The molecular weight excluding hydrogens is 256 g/mol. The predicted octanol–water partition coefficient (Wildman–Crippen LogP) is 1.44. The van der Waals surface area contributed by atoms with Gasteiger partial charge in [-0.2, -0.15) is 0 Å². The molecule has 1 aliphatic heterocycles. The fourth-order valence-corrected chi connectivity index (χ4v) is 2.16. The van der Waals surface area contributed by atoms with Crippen molar-refractivity contribution in [2.45, 2.75) is 26.3 Å². The van der Waals surface area contributed by atoms with Crippen LogP contribution in [0.4, 0.5) is 0 Å². The standard InChI is InChI=1S/C15H20N2O3/c1-3-9-20-13-6-4-5-12(10-13)15(19)17-8-7-16-14(18)11(17)2/h4-6,10-11H,3,7-9H2,1-2H3,(H,16,18). The summed E-state index contributed by atoms with van der Waals surface area (Å²) in [6.45, 7) is 5.43. The van der Waals surface area contributed by atoms with E-state index in [-0.39, 0.29) is 11.8 Å². The highest BCUT2D eigenvalue weighted by Gasteiger charge is 2.29. The van der Waals surface area contributed by atoms with Gasteiger partial charge in [-0.05, 0) is 31.5 Å². The van der Waals surface area contributed by atoms with E-state index in [1.807, 2.05) is 13.0 Å². The molecule has 2 rings (SSSR count). The smallest absolute Gasteiger partial charge is 0.254 e. The lowest BCUT2D eigenvalue weighted by molar-refractivity contribution is -0.127. The first kappa shape index (κ1) is 14.4. The van der Waals surface area contributed by atoms with Crippen molar-refractivity contribution in [1.82, 2.24) is 10.2 Å². The molecule has 5 heteroatoms. The lowest BCUT2D eigenvalue weighted by Crippen LogP contribution is -2.55. The van der Waals surface area contributed by atoms with Crippen molar-refractivity contribution in [3.63, 3.8) is 0 Å². The van der Waals surface area contributed by atoms with Crippen LogP contribution in [-0.4, -0.2) is 42.5 Å². The zero-order valence-electron chi connectivity index (χ0n) is 11.9. The van der Waals surface area contributed by atoms with Crippen molar-refractivity contribution in [3.8, 4) is 5.75 Å². The summed E-state index contributed by atoms with van der Waals surface area (Å²) >= 11 is 0. The van der Waals surface area contributed by atoms with Gasteiger partial charge in [0.2, 0.25) is 5.91 Å². The summed E-state index contributed by atoms with van der Waals surface area (Å²) in [6, 6.07) is 6.68. The van der Waals surface area contributed by atoms with Crippen LogP contribution in [0, 0.1) is 0 Å². The Kier molecular flexibility index (Phi) is 4.61. The Labute approximate surface area is 118 Å². The maximum atomic E-state index is 12.5. The van der Waals surface area contributed by atoms with E-state index in [1.54, 1.807) is 30.0 Å². The van der Waals surface area contributed by atoms with Crippen molar-refractivity contribution in [2.24, 2.45) is 0 Å². The van der Waals surface area contributed by atoms with Gasteiger partial charge in [0.15, 0.2) is 0 Å². The van der Waals surface area contributed by atoms with Crippen LogP contribution >= 0.6 is 0 Å². The summed E-state index contributed by atoms with van der Waals surface area (Å²) in [5.74, 6) is 0.448. The number of piperazine rings is 1. The number of hydrogen-bond acceptors (Lipinski definition) is 3. The minimum Gasteiger partial charge on any atom is -0.494 e. The first-order chi connectivity index (χ1) is 9.63. The van der Waals surface area contributed by atoms with Gasteiger partial charge < -0.3 is 15.0 Å². The quantitative estimate of drug-likeness (QED) is 0.905. The molecule has 0 bridgehead atoms. The molecule has 0 spiro atoms. The second kappa shape index (κ2) is 6.41. The van der Waals surface area contributed by atoms with Gasteiger partial charge in [-0.1, -0.05) is 13.0 Å². The van der Waals surface area contributed by atoms with E-state index in [9.17, 15) is 9.59 Å². The summed E-state index contributed by atoms with van der Waals surface area (Å²) in [5.41, 5.74) is 0.556. The second-order valence-electron chi connectivity index (χ2n) is 4.84. The number of nitrogens with zero attached hydrogens (tertiary/aromatic N) is 1. The highest BCUT2D eigenvalue weighted by molar-refractivity contribution is 5.98. The van der Waals surface area contributed by atoms with Crippen LogP contribution in [0.5, 0.6) is 5.75 Å². The van der Waals surface area contributed by atoms with Crippen molar-refractivity contribution in [1.29, 1.82) is 0 Å². The van der Waals surface area contributed by atoms with E-state index in [2.05, 4.69) is 5.32 Å². The predicted molar refractivity (Wildman–Crippen MR) is 75.7 cm³/mol. The zero-order valence-corrected chi connectivity index (χ0v) is 11.9. The number of carbonyl (C=O) groups is 2. The maximum Gasteiger partial charge on any atom is 0.254 e. The maximum absolute atomic E-state index is 12.5. The fraction of sp³-hybridized carbons (Fsp3) is 0.467. The van der Waals surface area contributed by atoms with Crippen LogP contribution < -0.4 is 10.1 Å². The fourth-order valence-electron chi connectivity index (χ4n) is 2.16. The average Bonchev–Trinajstić information content (AvgIpc) is 2.47. The third-order valence-corrected chi connectivity index (χ3v) is 3.31. The van der Waals surface area contributed by atoms with Crippen LogP contribution in [0.25, 0.3) is 0 Å². The van der Waals surface area contributed by atoms with Gasteiger partial charge in [-0.3, -0.25) is 9.59 Å². The molecular formula is C15H20N2O3. The first-order valence-corrected chi connectivity index (χ1v) is 6.95. The molecule has 5 nitrogen and oxygen atoms in total. The van der Waals surface area contributed by atoms with E-state index in [0.717, 1.165) is 6.42 Å². The van der Waals surface area contributed by atoms with E-state index in [1.165, 1.54) is 0 Å². The van der Waals surface area contributed by atoms with E-state index >= 15 is 0 Å². The molecule has 0 aliphatic carbocycles. The minimum atomic E-state index is -0.434. The molecule has 2 amide bonds. The number of hydrogen-bond donors (Lipinski definition) is 1. The summed E-state index contributed by atoms with van der Waals surface area (Å²) in [5, 5.41) is 2.75. The highest BCUT2D eigenvalue weighted by Crippen LogP contribution is 2.17. The van der Waals surface area contributed by atoms with Crippen molar-refractivity contribution in [3.05, 3.63) is 29.8 Å². The van der Waals surface area contributed by atoms with Gasteiger partial charge >= 0.3 is 0 Å². The zero-order chi connectivity index (χ0) is 14.5. The summed E-state index contributed by atoms with van der Waals surface area (Å²) in [6.07, 6.45) is 0.918. The third-order valence-electron chi connectivity index (χ3n) is 3.31. The molecule has 0 saturated carbocycles. The lowest BCUT2D eigenvalue weighted by Gasteiger charge is -2.32. The molecule has 1 aliphatic rings. The van der Waals surface area contributed by atoms with Crippen LogP contribution in [0.2, 0.25) is 0 Å². The van der Waals surface area contributed by atoms with Gasteiger partial charge in [0.25, 0.3) is 5.91 Å². The first-order valence-electron chi connectivity index (χ1n) is 6.95. The van der Waals surface area contributed by atoms with E-state index in [0.29, 0.717) is 31.0 Å². The minimum absolute atomic E-state index is 0.108. The molecule has 20 heavy (non-hydrogen) atoms. The normalized spacial score (nSPS) is 18.6. The molecule has 0 radical (unpaired) electrons. The van der Waals surface area contributed by atoms with Gasteiger partial charge in [-0.25, -0.2) is 0 Å². The summed E-state index contributed by atoms with van der Waals surface area (Å²) in [4.78, 5) is 25.7. The Balaban J connectivity index is 2.13. The Morgan fingerprint density at radius 2 is 2.30 bits per heavy atom. The van der Waals surface area contributed by atoms with Gasteiger partial charge in [-0.15, -0.1) is 0 Å². The summed E-state index contributed by atoms with van der Waals surface area (Å²) < 4.78 is 5.53. The third kappa shape index (κ3) is 3.10. The topological polar surface area (TPSA) is 58.6 Å². The number of rotatable bonds is 4.